The maximum absolute atomic E-state index is 12.6. The van der Waals surface area contributed by atoms with Gasteiger partial charge < -0.3 is 10.1 Å². The zero-order chi connectivity index (χ0) is 20.3. The minimum atomic E-state index is -0.208. The highest BCUT2D eigenvalue weighted by Crippen LogP contribution is 2.48. The Hall–Kier alpha value is -1.88. The van der Waals surface area contributed by atoms with E-state index in [2.05, 4.69) is 43.1 Å². The number of carbonyl (C=O) groups excluding carboxylic acids is 2. The van der Waals surface area contributed by atoms with E-state index in [4.69, 9.17) is 4.74 Å². The third-order valence-corrected chi connectivity index (χ3v) is 6.16. The van der Waals surface area contributed by atoms with Crippen molar-refractivity contribution in [3.05, 3.63) is 34.9 Å². The molecule has 3 rings (SSSR count). The van der Waals surface area contributed by atoms with Crippen molar-refractivity contribution in [2.75, 3.05) is 19.7 Å². The summed E-state index contributed by atoms with van der Waals surface area (Å²) >= 11 is 0. The normalized spacial score (nSPS) is 25.8. The number of carbonyl (C=O) groups is 2. The fraction of sp³-hybridized carbons (Fsp3) is 0.652. The Morgan fingerprint density at radius 3 is 2.82 bits per heavy atom. The number of ether oxygens (including phenoxy) is 1. The van der Waals surface area contributed by atoms with Crippen molar-refractivity contribution >= 4 is 11.9 Å². The molecule has 2 aliphatic carbocycles. The van der Waals surface area contributed by atoms with Crippen molar-refractivity contribution in [3.8, 4) is 0 Å². The molecule has 0 radical (unpaired) electrons. The summed E-state index contributed by atoms with van der Waals surface area (Å²) in [6, 6.07) is 0.824. The summed E-state index contributed by atoms with van der Waals surface area (Å²) in [4.78, 5) is 26.6. The molecule has 1 fully saturated rings. The summed E-state index contributed by atoms with van der Waals surface area (Å²) in [7, 11) is 0. The van der Waals surface area contributed by atoms with E-state index >= 15 is 0 Å². The van der Waals surface area contributed by atoms with Gasteiger partial charge in [0.1, 0.15) is 0 Å². The predicted molar refractivity (Wildman–Crippen MR) is 111 cm³/mol. The molecular weight excluding hydrogens is 352 g/mol. The van der Waals surface area contributed by atoms with E-state index in [1.165, 1.54) is 24.0 Å². The summed E-state index contributed by atoms with van der Waals surface area (Å²) in [5.41, 5.74) is 3.91. The maximum atomic E-state index is 12.6. The minimum absolute atomic E-state index is 0.0618. The number of fused-ring (bicyclic) bond motifs is 2. The fourth-order valence-corrected chi connectivity index (χ4v) is 4.78. The van der Waals surface area contributed by atoms with Gasteiger partial charge in [-0.2, -0.15) is 0 Å². The van der Waals surface area contributed by atoms with Crippen molar-refractivity contribution in [1.29, 1.82) is 0 Å². The van der Waals surface area contributed by atoms with E-state index in [1.807, 2.05) is 6.08 Å². The number of rotatable bonds is 7. The quantitative estimate of drug-likeness (QED) is 0.537. The van der Waals surface area contributed by atoms with Gasteiger partial charge in [-0.3, -0.25) is 14.5 Å². The summed E-state index contributed by atoms with van der Waals surface area (Å²) in [5, 5.41) is 2.94. The van der Waals surface area contributed by atoms with Crippen LogP contribution in [0.25, 0.3) is 0 Å². The fourth-order valence-electron chi connectivity index (χ4n) is 4.78. The summed E-state index contributed by atoms with van der Waals surface area (Å²) in [6.45, 7) is 10.6. The van der Waals surface area contributed by atoms with Crippen LogP contribution in [0.3, 0.4) is 0 Å². The second-order valence-corrected chi connectivity index (χ2v) is 8.77. The molecule has 1 amide bonds. The molecule has 0 aromatic carbocycles. The first-order valence-corrected chi connectivity index (χ1v) is 10.7. The highest BCUT2D eigenvalue weighted by molar-refractivity contribution is 5.97. The monoisotopic (exact) mass is 386 g/mol. The SMILES string of the molecule is CCOC(=O)CCCNC(=O)C1=CC2=C3CC(C)(C)CCC3N(CC)C2C=C1. The van der Waals surface area contributed by atoms with E-state index in [9.17, 15) is 9.59 Å². The molecule has 2 atom stereocenters. The van der Waals surface area contributed by atoms with Crippen LogP contribution in [-0.2, 0) is 14.3 Å². The van der Waals surface area contributed by atoms with Gasteiger partial charge in [-0.1, -0.05) is 32.9 Å². The van der Waals surface area contributed by atoms with Crippen molar-refractivity contribution < 1.29 is 14.3 Å². The Morgan fingerprint density at radius 2 is 2.11 bits per heavy atom. The van der Waals surface area contributed by atoms with Gasteiger partial charge in [0.25, 0.3) is 5.91 Å². The molecule has 0 saturated heterocycles. The van der Waals surface area contributed by atoms with E-state index in [1.54, 1.807) is 6.92 Å². The van der Waals surface area contributed by atoms with E-state index in [-0.39, 0.29) is 11.9 Å². The first-order valence-electron chi connectivity index (χ1n) is 10.7. The smallest absolute Gasteiger partial charge is 0.305 e. The summed E-state index contributed by atoms with van der Waals surface area (Å²) in [5.74, 6) is -0.270. The number of amides is 1. The minimum Gasteiger partial charge on any atom is -0.466 e. The Balaban J connectivity index is 1.67. The van der Waals surface area contributed by atoms with Gasteiger partial charge in [0, 0.05) is 24.6 Å². The summed E-state index contributed by atoms with van der Waals surface area (Å²) in [6.07, 6.45) is 10.7. The van der Waals surface area contributed by atoms with Crippen LogP contribution >= 0.6 is 0 Å². The average Bonchev–Trinajstić information content (AvgIpc) is 2.96. The molecule has 1 heterocycles. The summed E-state index contributed by atoms with van der Waals surface area (Å²) < 4.78 is 4.92. The highest BCUT2D eigenvalue weighted by Gasteiger charge is 2.43. The number of likely N-dealkylation sites (N-methyl/N-ethyl adjacent to an activating group) is 1. The van der Waals surface area contributed by atoms with Crippen molar-refractivity contribution in [2.24, 2.45) is 5.41 Å². The second-order valence-electron chi connectivity index (χ2n) is 8.77. The zero-order valence-corrected chi connectivity index (χ0v) is 17.7. The first kappa shape index (κ1) is 20.8. The van der Waals surface area contributed by atoms with Crippen molar-refractivity contribution in [2.45, 2.75) is 71.9 Å². The Labute approximate surface area is 168 Å². The number of hydrogen-bond donors (Lipinski definition) is 1. The van der Waals surface area contributed by atoms with E-state index in [0.717, 1.165) is 18.5 Å². The standard InChI is InChI=1S/C23H34N2O3/c1-5-25-19-10-9-16(22(27)24-13-7-8-21(26)28-6-2)14-17(19)18-15-23(3,4)12-11-20(18)25/h9-10,14,19-20H,5-8,11-13,15H2,1-4H3,(H,24,27). The lowest BCUT2D eigenvalue weighted by molar-refractivity contribution is -0.143. The van der Waals surface area contributed by atoms with Gasteiger partial charge in [-0.05, 0) is 61.8 Å². The number of nitrogens with one attached hydrogen (secondary N) is 1. The number of esters is 1. The van der Waals surface area contributed by atoms with Crippen LogP contribution in [0.15, 0.2) is 34.9 Å². The van der Waals surface area contributed by atoms with Crippen molar-refractivity contribution in [3.63, 3.8) is 0 Å². The van der Waals surface area contributed by atoms with E-state index in [0.29, 0.717) is 43.5 Å². The molecule has 1 saturated carbocycles. The number of nitrogens with zero attached hydrogens (tertiary/aromatic N) is 1. The van der Waals surface area contributed by atoms with Gasteiger partial charge in [-0.15, -0.1) is 0 Å². The predicted octanol–water partition coefficient (Wildman–Crippen LogP) is 3.52. The molecule has 1 N–H and O–H groups in total. The molecule has 0 aromatic heterocycles. The molecule has 0 spiro atoms. The van der Waals surface area contributed by atoms with Crippen LogP contribution in [-0.4, -0.2) is 48.6 Å². The largest absolute Gasteiger partial charge is 0.466 e. The lowest BCUT2D eigenvalue weighted by Crippen LogP contribution is -2.40. The molecule has 0 bridgehead atoms. The topological polar surface area (TPSA) is 58.6 Å². The van der Waals surface area contributed by atoms with Crippen molar-refractivity contribution in [1.82, 2.24) is 10.2 Å². The lowest BCUT2D eigenvalue weighted by Gasteiger charge is -2.38. The number of hydrogen-bond acceptors (Lipinski definition) is 4. The Kier molecular flexibility index (Phi) is 6.43. The van der Waals surface area contributed by atoms with Gasteiger partial charge in [0.05, 0.1) is 12.6 Å². The molecule has 5 nitrogen and oxygen atoms in total. The van der Waals surface area contributed by atoms with Crippen LogP contribution in [0, 0.1) is 5.41 Å². The molecular formula is C23H34N2O3. The van der Waals surface area contributed by atoms with Gasteiger partial charge >= 0.3 is 5.97 Å². The van der Waals surface area contributed by atoms with Crippen LogP contribution in [0.2, 0.25) is 0 Å². The second kappa shape index (κ2) is 8.64. The van der Waals surface area contributed by atoms with Crippen LogP contribution in [0.5, 0.6) is 0 Å². The molecule has 0 aromatic rings. The maximum Gasteiger partial charge on any atom is 0.305 e. The third kappa shape index (κ3) is 4.40. The van der Waals surface area contributed by atoms with Crippen LogP contribution < -0.4 is 5.32 Å². The average molecular weight is 387 g/mol. The van der Waals surface area contributed by atoms with Gasteiger partial charge in [0.2, 0.25) is 0 Å². The van der Waals surface area contributed by atoms with E-state index < -0.39 is 0 Å². The van der Waals surface area contributed by atoms with Crippen LogP contribution in [0.4, 0.5) is 0 Å². The third-order valence-electron chi connectivity index (χ3n) is 6.16. The molecule has 28 heavy (non-hydrogen) atoms. The molecule has 3 aliphatic rings. The van der Waals surface area contributed by atoms with Gasteiger partial charge in [0.15, 0.2) is 0 Å². The Bertz CT molecular complexity index is 717. The lowest BCUT2D eigenvalue weighted by atomic mass is 9.72. The first-order chi connectivity index (χ1) is 13.4. The van der Waals surface area contributed by atoms with Gasteiger partial charge in [-0.25, -0.2) is 0 Å². The highest BCUT2D eigenvalue weighted by atomic mass is 16.5. The molecule has 1 aliphatic heterocycles. The molecule has 154 valence electrons. The molecule has 2 unspecified atom stereocenters. The van der Waals surface area contributed by atoms with Crippen LogP contribution in [0.1, 0.15) is 59.8 Å². The molecule has 5 heteroatoms. The Morgan fingerprint density at radius 1 is 1.32 bits per heavy atom. The zero-order valence-electron chi connectivity index (χ0n) is 17.7.